The summed E-state index contributed by atoms with van der Waals surface area (Å²) in [4.78, 5) is 5.85. The molecule has 0 unspecified atom stereocenters. The van der Waals surface area contributed by atoms with Crippen LogP contribution in [0.3, 0.4) is 0 Å². The quantitative estimate of drug-likeness (QED) is 0.711. The number of aromatic nitrogens is 2. The van der Waals surface area contributed by atoms with E-state index in [9.17, 15) is 0 Å². The molecule has 0 aliphatic carbocycles. The van der Waals surface area contributed by atoms with E-state index in [1.807, 2.05) is 31.2 Å². The third-order valence-electron chi connectivity index (χ3n) is 3.28. The zero-order chi connectivity index (χ0) is 13.4. The van der Waals surface area contributed by atoms with Crippen LogP contribution in [-0.4, -0.2) is 9.55 Å². The van der Waals surface area contributed by atoms with Crippen LogP contribution in [0.4, 0.5) is 0 Å². The molecule has 0 aliphatic heterocycles. The van der Waals surface area contributed by atoms with Gasteiger partial charge in [-0.1, -0.05) is 0 Å². The summed E-state index contributed by atoms with van der Waals surface area (Å²) in [5.74, 6) is 0. The average Bonchev–Trinajstić information content (AvgIpc) is 2.94. The molecule has 0 amide bonds. The maximum atomic E-state index is 8.91. The Labute approximate surface area is 115 Å². The SMILES string of the molecule is Cc1nc(Cn2ccc3cc(C#N)ccc32)sc1C. The van der Waals surface area contributed by atoms with Gasteiger partial charge >= 0.3 is 0 Å². The van der Waals surface area contributed by atoms with Gasteiger partial charge in [-0.25, -0.2) is 4.98 Å². The highest BCUT2D eigenvalue weighted by atomic mass is 32.1. The van der Waals surface area contributed by atoms with Crippen molar-refractivity contribution in [2.45, 2.75) is 20.4 Å². The highest BCUT2D eigenvalue weighted by Gasteiger charge is 2.07. The van der Waals surface area contributed by atoms with Gasteiger partial charge in [0.05, 0.1) is 23.9 Å². The van der Waals surface area contributed by atoms with E-state index >= 15 is 0 Å². The topological polar surface area (TPSA) is 41.6 Å². The molecule has 0 saturated carbocycles. The van der Waals surface area contributed by atoms with E-state index in [1.165, 1.54) is 4.88 Å². The van der Waals surface area contributed by atoms with Gasteiger partial charge in [-0.05, 0) is 38.1 Å². The number of thiazole rings is 1. The Hall–Kier alpha value is -2.12. The highest BCUT2D eigenvalue weighted by Crippen LogP contribution is 2.22. The Bertz CT molecular complexity index is 770. The summed E-state index contributed by atoms with van der Waals surface area (Å²) >= 11 is 1.74. The van der Waals surface area contributed by atoms with E-state index in [0.717, 1.165) is 28.1 Å². The summed E-state index contributed by atoms with van der Waals surface area (Å²) in [5, 5.41) is 11.1. The first-order chi connectivity index (χ1) is 9.17. The molecule has 0 N–H and O–H groups in total. The van der Waals surface area contributed by atoms with Gasteiger partial charge < -0.3 is 4.57 Å². The van der Waals surface area contributed by atoms with Gasteiger partial charge in [0.1, 0.15) is 5.01 Å². The van der Waals surface area contributed by atoms with Crippen LogP contribution in [0.2, 0.25) is 0 Å². The van der Waals surface area contributed by atoms with Gasteiger partial charge in [0.25, 0.3) is 0 Å². The summed E-state index contributed by atoms with van der Waals surface area (Å²) in [6.07, 6.45) is 2.05. The molecule has 2 aromatic heterocycles. The second-order valence-electron chi connectivity index (χ2n) is 4.58. The Morgan fingerprint density at radius 2 is 2.16 bits per heavy atom. The summed E-state index contributed by atoms with van der Waals surface area (Å²) in [5.41, 5.74) is 2.96. The van der Waals surface area contributed by atoms with E-state index in [4.69, 9.17) is 5.26 Å². The fraction of sp³-hybridized carbons (Fsp3) is 0.200. The Morgan fingerprint density at radius 3 is 2.84 bits per heavy atom. The molecular weight excluding hydrogens is 254 g/mol. The average molecular weight is 267 g/mol. The normalized spacial score (nSPS) is 10.8. The Balaban J connectivity index is 2.00. The van der Waals surface area contributed by atoms with Crippen LogP contribution in [-0.2, 0) is 6.54 Å². The van der Waals surface area contributed by atoms with Gasteiger partial charge in [-0.15, -0.1) is 11.3 Å². The Morgan fingerprint density at radius 1 is 1.32 bits per heavy atom. The van der Waals surface area contributed by atoms with Crippen molar-refractivity contribution >= 4 is 22.2 Å². The lowest BCUT2D eigenvalue weighted by Gasteiger charge is -2.02. The molecule has 0 bridgehead atoms. The van der Waals surface area contributed by atoms with Gasteiger partial charge in [-0.3, -0.25) is 0 Å². The van der Waals surface area contributed by atoms with Crippen LogP contribution >= 0.6 is 11.3 Å². The third kappa shape index (κ3) is 2.13. The van der Waals surface area contributed by atoms with Crippen LogP contribution in [0.5, 0.6) is 0 Å². The lowest BCUT2D eigenvalue weighted by Crippen LogP contribution is -1.97. The van der Waals surface area contributed by atoms with E-state index in [0.29, 0.717) is 5.56 Å². The molecule has 4 heteroatoms. The molecule has 19 heavy (non-hydrogen) atoms. The predicted octanol–water partition coefficient (Wildman–Crippen LogP) is 3.63. The van der Waals surface area contributed by atoms with Crippen LogP contribution in [0.25, 0.3) is 10.9 Å². The third-order valence-corrected chi connectivity index (χ3v) is 4.34. The second-order valence-corrected chi connectivity index (χ2v) is 5.87. The number of hydrogen-bond acceptors (Lipinski definition) is 3. The summed E-state index contributed by atoms with van der Waals surface area (Å²) in [6.45, 7) is 4.93. The van der Waals surface area contributed by atoms with Crippen molar-refractivity contribution in [1.29, 1.82) is 5.26 Å². The first-order valence-electron chi connectivity index (χ1n) is 6.09. The Kier molecular flexibility index (Phi) is 2.84. The maximum absolute atomic E-state index is 8.91. The number of nitriles is 1. The first kappa shape index (κ1) is 11.9. The lowest BCUT2D eigenvalue weighted by molar-refractivity contribution is 0.824. The first-order valence-corrected chi connectivity index (χ1v) is 6.91. The van der Waals surface area contributed by atoms with Crippen molar-refractivity contribution in [2.24, 2.45) is 0 Å². The van der Waals surface area contributed by atoms with Crippen molar-refractivity contribution in [3.8, 4) is 6.07 Å². The van der Waals surface area contributed by atoms with Crippen molar-refractivity contribution in [1.82, 2.24) is 9.55 Å². The largest absolute Gasteiger partial charge is 0.341 e. The van der Waals surface area contributed by atoms with Crippen molar-refractivity contribution in [3.05, 3.63) is 51.6 Å². The molecule has 2 heterocycles. The van der Waals surface area contributed by atoms with Gasteiger partial charge in [-0.2, -0.15) is 5.26 Å². The molecule has 0 saturated heterocycles. The fourth-order valence-corrected chi connectivity index (χ4v) is 3.09. The molecule has 94 valence electrons. The number of nitrogens with zero attached hydrogens (tertiary/aromatic N) is 3. The van der Waals surface area contributed by atoms with Gasteiger partial charge in [0, 0.05) is 22.0 Å². The smallest absolute Gasteiger partial charge is 0.113 e. The lowest BCUT2D eigenvalue weighted by atomic mass is 10.2. The van der Waals surface area contributed by atoms with E-state index < -0.39 is 0 Å². The van der Waals surface area contributed by atoms with Crippen molar-refractivity contribution in [3.63, 3.8) is 0 Å². The summed E-state index contributed by atoms with van der Waals surface area (Å²) in [7, 11) is 0. The molecule has 0 fully saturated rings. The molecule has 3 nitrogen and oxygen atoms in total. The minimum absolute atomic E-state index is 0.700. The van der Waals surface area contributed by atoms with Crippen LogP contribution < -0.4 is 0 Å². The minimum atomic E-state index is 0.700. The minimum Gasteiger partial charge on any atom is -0.341 e. The maximum Gasteiger partial charge on any atom is 0.113 e. The molecule has 0 radical (unpaired) electrons. The van der Waals surface area contributed by atoms with Crippen LogP contribution in [0.15, 0.2) is 30.5 Å². The molecule has 0 spiro atoms. The summed E-state index contributed by atoms with van der Waals surface area (Å²) in [6, 6.07) is 9.99. The van der Waals surface area contributed by atoms with Gasteiger partial charge in [0.15, 0.2) is 0 Å². The molecule has 0 aliphatic rings. The number of fused-ring (bicyclic) bond motifs is 1. The monoisotopic (exact) mass is 267 g/mol. The highest BCUT2D eigenvalue weighted by molar-refractivity contribution is 7.11. The van der Waals surface area contributed by atoms with Crippen LogP contribution in [0.1, 0.15) is 21.1 Å². The fourth-order valence-electron chi connectivity index (χ4n) is 2.16. The molecule has 0 atom stereocenters. The predicted molar refractivity (Wildman–Crippen MR) is 77.3 cm³/mol. The van der Waals surface area contributed by atoms with Crippen molar-refractivity contribution < 1.29 is 0 Å². The molecule has 3 rings (SSSR count). The zero-order valence-electron chi connectivity index (χ0n) is 10.8. The number of hydrogen-bond donors (Lipinski definition) is 0. The standard InChI is InChI=1S/C15H13N3S/c1-10-11(2)19-15(17-10)9-18-6-5-13-7-12(8-16)3-4-14(13)18/h3-7H,9H2,1-2H3. The van der Waals surface area contributed by atoms with Crippen molar-refractivity contribution in [2.75, 3.05) is 0 Å². The van der Waals surface area contributed by atoms with Gasteiger partial charge in [0.2, 0.25) is 0 Å². The number of aryl methyl sites for hydroxylation is 2. The second kappa shape index (κ2) is 4.52. The zero-order valence-corrected chi connectivity index (χ0v) is 11.7. The number of benzene rings is 1. The molecule has 3 aromatic rings. The number of rotatable bonds is 2. The summed E-state index contributed by atoms with van der Waals surface area (Å²) < 4.78 is 2.17. The van der Waals surface area contributed by atoms with E-state index in [-0.39, 0.29) is 0 Å². The van der Waals surface area contributed by atoms with Crippen LogP contribution in [0, 0.1) is 25.2 Å². The van der Waals surface area contributed by atoms with E-state index in [2.05, 4.69) is 28.7 Å². The van der Waals surface area contributed by atoms with E-state index in [1.54, 1.807) is 11.3 Å². The molecule has 1 aromatic carbocycles. The molecular formula is C15H13N3S.